The van der Waals surface area contributed by atoms with Crippen LogP contribution >= 0.6 is 0 Å². The highest BCUT2D eigenvalue weighted by molar-refractivity contribution is 5.90. The maximum absolute atomic E-state index is 13.9. The van der Waals surface area contributed by atoms with E-state index in [1.807, 2.05) is 24.7 Å². The van der Waals surface area contributed by atoms with E-state index in [1.165, 1.54) is 6.07 Å². The van der Waals surface area contributed by atoms with Gasteiger partial charge in [-0.25, -0.2) is 14.2 Å². The van der Waals surface area contributed by atoms with Gasteiger partial charge in [0.25, 0.3) is 0 Å². The Hall–Kier alpha value is -2.37. The number of hydrogen-bond donors (Lipinski definition) is 1. The Kier molecular flexibility index (Phi) is 4.07. The number of hydrogen-bond acceptors (Lipinski definition) is 2. The molecule has 1 aromatic carbocycles. The Balaban J connectivity index is 1.78. The van der Waals surface area contributed by atoms with Gasteiger partial charge in [0.05, 0.1) is 6.04 Å². The molecule has 1 aromatic heterocycles. The molecule has 1 aliphatic heterocycles. The number of nitrogens with one attached hydrogen (secondary N) is 1. The maximum Gasteiger partial charge on any atom is 0.322 e. The van der Waals surface area contributed by atoms with Crippen LogP contribution in [0.4, 0.5) is 14.9 Å². The van der Waals surface area contributed by atoms with Gasteiger partial charge in [0.1, 0.15) is 11.6 Å². The quantitative estimate of drug-likeness (QED) is 0.932. The van der Waals surface area contributed by atoms with Gasteiger partial charge >= 0.3 is 6.03 Å². The van der Waals surface area contributed by atoms with E-state index in [0.717, 1.165) is 5.82 Å². The van der Waals surface area contributed by atoms with E-state index in [9.17, 15) is 9.18 Å². The van der Waals surface area contributed by atoms with E-state index in [2.05, 4.69) is 24.1 Å². The minimum absolute atomic E-state index is 0.0478. The number of amides is 2. The van der Waals surface area contributed by atoms with Gasteiger partial charge in [-0.05, 0) is 24.1 Å². The summed E-state index contributed by atoms with van der Waals surface area (Å²) in [6.45, 7) is 6.76. The summed E-state index contributed by atoms with van der Waals surface area (Å²) in [5.41, 5.74) is 1.07. The predicted octanol–water partition coefficient (Wildman–Crippen LogP) is 3.74. The number of carbonyl (C=O) groups is 1. The van der Waals surface area contributed by atoms with Crippen LogP contribution < -0.4 is 5.32 Å². The van der Waals surface area contributed by atoms with Crippen LogP contribution in [-0.2, 0) is 13.5 Å². The molecule has 0 radical (unpaired) electrons. The number of anilines is 1. The van der Waals surface area contributed by atoms with Crippen molar-refractivity contribution >= 4 is 11.7 Å². The predicted molar refractivity (Wildman–Crippen MR) is 91.2 cm³/mol. The Morgan fingerprint density at radius 3 is 2.75 bits per heavy atom. The van der Waals surface area contributed by atoms with Gasteiger partial charge in [0.15, 0.2) is 0 Å². The van der Waals surface area contributed by atoms with Crippen LogP contribution in [0.3, 0.4) is 0 Å². The van der Waals surface area contributed by atoms with Crippen LogP contribution in [0.2, 0.25) is 0 Å². The molecule has 1 aliphatic rings. The monoisotopic (exact) mass is 330 g/mol. The minimum Gasteiger partial charge on any atom is -0.336 e. The van der Waals surface area contributed by atoms with Crippen LogP contribution in [0, 0.1) is 11.2 Å². The first kappa shape index (κ1) is 16.5. The van der Waals surface area contributed by atoms with Crippen LogP contribution in [0.5, 0.6) is 0 Å². The van der Waals surface area contributed by atoms with Crippen LogP contribution in [0.15, 0.2) is 30.6 Å². The normalized spacial score (nSPS) is 19.0. The number of aromatic nitrogens is 2. The molecule has 24 heavy (non-hydrogen) atoms. The summed E-state index contributed by atoms with van der Waals surface area (Å²) in [4.78, 5) is 18.8. The number of halogens is 1. The maximum atomic E-state index is 13.9. The first-order chi connectivity index (χ1) is 11.3. The van der Waals surface area contributed by atoms with E-state index in [-0.39, 0.29) is 23.3 Å². The summed E-state index contributed by atoms with van der Waals surface area (Å²) in [6.07, 6.45) is 4.24. The molecule has 0 saturated carbocycles. The third-order valence-electron chi connectivity index (χ3n) is 4.68. The van der Waals surface area contributed by atoms with Crippen molar-refractivity contribution in [3.63, 3.8) is 0 Å². The fourth-order valence-corrected chi connectivity index (χ4v) is 3.35. The summed E-state index contributed by atoms with van der Waals surface area (Å²) < 4.78 is 15.8. The summed E-state index contributed by atoms with van der Waals surface area (Å²) in [5, 5.41) is 2.80. The number of urea groups is 1. The molecule has 2 aromatic rings. The highest BCUT2D eigenvalue weighted by Crippen LogP contribution is 2.47. The molecule has 0 spiro atoms. The van der Waals surface area contributed by atoms with Gasteiger partial charge in [-0.3, -0.25) is 0 Å². The average molecular weight is 330 g/mol. The second kappa shape index (κ2) is 5.92. The molecule has 0 bridgehead atoms. The largest absolute Gasteiger partial charge is 0.336 e. The smallest absolute Gasteiger partial charge is 0.322 e. The molecular weight excluding hydrogens is 307 g/mol. The number of likely N-dealkylation sites (tertiary alicyclic amines) is 1. The SMILES string of the molecule is CCc1ccc(NC(=O)N2CC(C)(C)[C@@H]2c2nccn2C)cc1F. The van der Waals surface area contributed by atoms with Crippen molar-refractivity contribution in [2.75, 3.05) is 11.9 Å². The zero-order valence-corrected chi connectivity index (χ0v) is 14.5. The summed E-state index contributed by atoms with van der Waals surface area (Å²) in [5.74, 6) is 0.564. The molecule has 0 aliphatic carbocycles. The van der Waals surface area contributed by atoms with Crippen LogP contribution in [0.1, 0.15) is 38.2 Å². The molecule has 1 saturated heterocycles. The van der Waals surface area contributed by atoms with Gasteiger partial charge in [-0.1, -0.05) is 26.8 Å². The summed E-state index contributed by atoms with van der Waals surface area (Å²) in [6, 6.07) is 4.49. The van der Waals surface area contributed by atoms with E-state index in [0.29, 0.717) is 24.2 Å². The minimum atomic E-state index is -0.292. The lowest BCUT2D eigenvalue weighted by Crippen LogP contribution is -2.59. The molecule has 6 heteroatoms. The zero-order chi connectivity index (χ0) is 17.5. The first-order valence-electron chi connectivity index (χ1n) is 8.16. The standard InChI is InChI=1S/C18H23FN4O/c1-5-12-6-7-13(10-14(12)19)21-17(24)23-11-18(2,3)15(23)16-20-8-9-22(16)4/h6-10,15H,5,11H2,1-4H3,(H,21,24)/t15-/m0/s1. The van der Waals surface area contributed by atoms with Crippen molar-refractivity contribution in [2.45, 2.75) is 33.2 Å². The molecule has 128 valence electrons. The number of carbonyl (C=O) groups excluding carboxylic acids is 1. The summed E-state index contributed by atoms with van der Waals surface area (Å²) in [7, 11) is 1.92. The van der Waals surface area contributed by atoms with Gasteiger partial charge in [-0.15, -0.1) is 0 Å². The molecule has 0 unspecified atom stereocenters. The average Bonchev–Trinajstić information content (AvgIpc) is 2.91. The van der Waals surface area contributed by atoms with Crippen LogP contribution in [-0.4, -0.2) is 27.0 Å². The van der Waals surface area contributed by atoms with E-state index >= 15 is 0 Å². The van der Waals surface area contributed by atoms with Crippen molar-refractivity contribution in [3.8, 4) is 0 Å². The molecule has 2 heterocycles. The number of rotatable bonds is 3. The topological polar surface area (TPSA) is 50.2 Å². The number of aryl methyl sites for hydroxylation is 2. The lowest BCUT2D eigenvalue weighted by atomic mass is 9.74. The van der Waals surface area contributed by atoms with Gasteiger partial charge < -0.3 is 14.8 Å². The summed E-state index contributed by atoms with van der Waals surface area (Å²) >= 11 is 0. The Bertz CT molecular complexity index is 768. The van der Waals surface area contributed by atoms with Gasteiger partial charge in [-0.2, -0.15) is 0 Å². The molecular formula is C18H23FN4O. The molecule has 2 amide bonds. The molecule has 5 nitrogen and oxygen atoms in total. The zero-order valence-electron chi connectivity index (χ0n) is 14.5. The second-order valence-electron chi connectivity index (χ2n) is 7.01. The van der Waals surface area contributed by atoms with Crippen molar-refractivity contribution in [1.29, 1.82) is 0 Å². The molecule has 3 rings (SSSR count). The number of nitrogens with zero attached hydrogens (tertiary/aromatic N) is 3. The fourth-order valence-electron chi connectivity index (χ4n) is 3.35. The lowest BCUT2D eigenvalue weighted by molar-refractivity contribution is -0.0182. The molecule has 1 fully saturated rings. The van der Waals surface area contributed by atoms with E-state index < -0.39 is 0 Å². The highest BCUT2D eigenvalue weighted by Gasteiger charge is 2.50. The highest BCUT2D eigenvalue weighted by atomic mass is 19.1. The van der Waals surface area contributed by atoms with Crippen molar-refractivity contribution < 1.29 is 9.18 Å². The molecule has 1 atom stereocenters. The molecule has 1 N–H and O–H groups in total. The van der Waals surface area contributed by atoms with Crippen molar-refractivity contribution in [3.05, 3.63) is 47.8 Å². The Morgan fingerprint density at radius 2 is 2.21 bits per heavy atom. The fraction of sp³-hybridized carbons (Fsp3) is 0.444. The van der Waals surface area contributed by atoms with Crippen molar-refractivity contribution in [2.24, 2.45) is 12.5 Å². The lowest BCUT2D eigenvalue weighted by Gasteiger charge is -2.53. The first-order valence-corrected chi connectivity index (χ1v) is 8.16. The number of benzene rings is 1. The Labute approximate surface area is 141 Å². The van der Waals surface area contributed by atoms with E-state index in [4.69, 9.17) is 0 Å². The second-order valence-corrected chi connectivity index (χ2v) is 7.01. The van der Waals surface area contributed by atoms with Crippen molar-refractivity contribution in [1.82, 2.24) is 14.5 Å². The third-order valence-corrected chi connectivity index (χ3v) is 4.68. The number of imidazole rings is 1. The van der Waals surface area contributed by atoms with E-state index in [1.54, 1.807) is 23.2 Å². The third kappa shape index (κ3) is 2.77. The Morgan fingerprint density at radius 1 is 1.46 bits per heavy atom. The van der Waals surface area contributed by atoms with Gasteiger partial charge in [0.2, 0.25) is 0 Å². The van der Waals surface area contributed by atoms with Gasteiger partial charge in [0, 0.05) is 37.1 Å². The van der Waals surface area contributed by atoms with Crippen LogP contribution in [0.25, 0.3) is 0 Å².